The molecule has 174 valence electrons. The Morgan fingerprint density at radius 2 is 1.79 bits per heavy atom. The first-order valence-electron chi connectivity index (χ1n) is 11.4. The summed E-state index contributed by atoms with van der Waals surface area (Å²) in [5, 5.41) is 7.76. The van der Waals surface area contributed by atoms with E-state index >= 15 is 0 Å². The Balaban J connectivity index is 1.52. The average Bonchev–Trinajstić information content (AvgIpc) is 3.47. The SMILES string of the molecule is CCCS(=O)(=O)N1CCCC1C(=O)NCc1cn(Cc2ccccc2)nc1-c1ccccc1. The Bertz CT molecular complexity index is 1180. The van der Waals surface area contributed by atoms with Crippen molar-refractivity contribution >= 4 is 15.9 Å². The Morgan fingerprint density at radius 1 is 1.09 bits per heavy atom. The van der Waals surface area contributed by atoms with Gasteiger partial charge in [0.2, 0.25) is 15.9 Å². The first-order chi connectivity index (χ1) is 16.0. The average molecular weight is 467 g/mol. The van der Waals surface area contributed by atoms with E-state index in [0.29, 0.717) is 32.4 Å². The van der Waals surface area contributed by atoms with Crippen LogP contribution in [0.4, 0.5) is 0 Å². The largest absolute Gasteiger partial charge is 0.350 e. The second-order valence-electron chi connectivity index (χ2n) is 8.35. The highest BCUT2D eigenvalue weighted by molar-refractivity contribution is 7.89. The summed E-state index contributed by atoms with van der Waals surface area (Å²) in [6.07, 6.45) is 3.74. The highest BCUT2D eigenvalue weighted by Crippen LogP contribution is 2.24. The third-order valence-electron chi connectivity index (χ3n) is 5.85. The number of aromatic nitrogens is 2. The zero-order valence-electron chi connectivity index (χ0n) is 18.9. The van der Waals surface area contributed by atoms with Gasteiger partial charge in [-0.05, 0) is 24.8 Å². The molecule has 1 atom stereocenters. The molecule has 0 bridgehead atoms. The van der Waals surface area contributed by atoms with Gasteiger partial charge in [-0.15, -0.1) is 0 Å². The lowest BCUT2D eigenvalue weighted by Crippen LogP contribution is -2.46. The van der Waals surface area contributed by atoms with E-state index < -0.39 is 16.1 Å². The lowest BCUT2D eigenvalue weighted by atomic mass is 10.1. The quantitative estimate of drug-likeness (QED) is 0.524. The molecule has 3 aromatic rings. The molecule has 1 saturated heterocycles. The number of amides is 1. The zero-order chi connectivity index (χ0) is 23.3. The number of carbonyl (C=O) groups excluding carboxylic acids is 1. The highest BCUT2D eigenvalue weighted by Gasteiger charge is 2.38. The summed E-state index contributed by atoms with van der Waals surface area (Å²) in [6, 6.07) is 19.3. The predicted molar refractivity (Wildman–Crippen MR) is 129 cm³/mol. The van der Waals surface area contributed by atoms with E-state index in [2.05, 4.69) is 17.4 Å². The normalized spacial score (nSPS) is 16.7. The van der Waals surface area contributed by atoms with Gasteiger partial charge in [-0.1, -0.05) is 67.6 Å². The molecule has 7 nitrogen and oxygen atoms in total. The van der Waals surface area contributed by atoms with Crippen LogP contribution in [0.3, 0.4) is 0 Å². The van der Waals surface area contributed by atoms with E-state index in [4.69, 9.17) is 5.10 Å². The van der Waals surface area contributed by atoms with Crippen LogP contribution >= 0.6 is 0 Å². The first kappa shape index (κ1) is 23.2. The van der Waals surface area contributed by atoms with Crippen LogP contribution in [-0.2, 0) is 27.9 Å². The third-order valence-corrected chi connectivity index (χ3v) is 7.93. The fraction of sp³-hybridized carbons (Fsp3) is 0.360. The predicted octanol–water partition coefficient (Wildman–Crippen LogP) is 3.42. The van der Waals surface area contributed by atoms with Gasteiger partial charge in [0.1, 0.15) is 6.04 Å². The Labute approximate surface area is 195 Å². The zero-order valence-corrected chi connectivity index (χ0v) is 19.7. The smallest absolute Gasteiger partial charge is 0.238 e. The number of nitrogens with zero attached hydrogens (tertiary/aromatic N) is 3. The second-order valence-corrected chi connectivity index (χ2v) is 10.4. The molecule has 2 aromatic carbocycles. The molecular weight excluding hydrogens is 436 g/mol. The molecule has 2 heterocycles. The maximum Gasteiger partial charge on any atom is 0.238 e. The van der Waals surface area contributed by atoms with Gasteiger partial charge >= 0.3 is 0 Å². The highest BCUT2D eigenvalue weighted by atomic mass is 32.2. The summed E-state index contributed by atoms with van der Waals surface area (Å²) in [4.78, 5) is 13.0. The van der Waals surface area contributed by atoms with Crippen LogP contribution in [-0.4, -0.2) is 46.8 Å². The third kappa shape index (κ3) is 5.51. The maximum atomic E-state index is 13.0. The molecule has 8 heteroatoms. The van der Waals surface area contributed by atoms with Gasteiger partial charge in [-0.3, -0.25) is 9.48 Å². The summed E-state index contributed by atoms with van der Waals surface area (Å²) in [5.74, 6) is -0.178. The van der Waals surface area contributed by atoms with Crippen molar-refractivity contribution in [3.05, 3.63) is 78.0 Å². The van der Waals surface area contributed by atoms with Crippen LogP contribution in [0.5, 0.6) is 0 Å². The molecule has 1 aliphatic rings. The minimum absolute atomic E-state index is 0.0706. The van der Waals surface area contributed by atoms with Gasteiger partial charge < -0.3 is 5.32 Å². The van der Waals surface area contributed by atoms with Crippen molar-refractivity contribution in [3.8, 4) is 11.3 Å². The fourth-order valence-electron chi connectivity index (χ4n) is 4.29. The molecule has 0 radical (unpaired) electrons. The summed E-state index contributed by atoms with van der Waals surface area (Å²) in [5.41, 5.74) is 3.82. The van der Waals surface area contributed by atoms with Gasteiger partial charge in [0.05, 0.1) is 18.0 Å². The van der Waals surface area contributed by atoms with E-state index in [1.54, 1.807) is 0 Å². The van der Waals surface area contributed by atoms with Crippen molar-refractivity contribution in [2.45, 2.75) is 45.3 Å². The molecule has 1 amide bonds. The topological polar surface area (TPSA) is 84.3 Å². The van der Waals surface area contributed by atoms with Crippen LogP contribution in [0.25, 0.3) is 11.3 Å². The molecule has 0 aliphatic carbocycles. The summed E-state index contributed by atoms with van der Waals surface area (Å²) in [6.45, 7) is 3.15. The molecule has 1 aromatic heterocycles. The van der Waals surface area contributed by atoms with E-state index in [9.17, 15) is 13.2 Å². The number of hydrogen-bond donors (Lipinski definition) is 1. The van der Waals surface area contributed by atoms with Crippen molar-refractivity contribution in [2.75, 3.05) is 12.3 Å². The fourth-order valence-corrected chi connectivity index (χ4v) is 6.04. The molecule has 0 spiro atoms. The van der Waals surface area contributed by atoms with Crippen LogP contribution in [0.2, 0.25) is 0 Å². The number of benzene rings is 2. The van der Waals surface area contributed by atoms with Crippen molar-refractivity contribution < 1.29 is 13.2 Å². The Hall–Kier alpha value is -2.97. The van der Waals surface area contributed by atoms with Gasteiger partial charge in [0.15, 0.2) is 0 Å². The van der Waals surface area contributed by atoms with Gasteiger partial charge in [0.25, 0.3) is 0 Å². The van der Waals surface area contributed by atoms with Crippen LogP contribution < -0.4 is 5.32 Å². The number of rotatable bonds is 9. The standard InChI is InChI=1S/C25H30N4O3S/c1-2-16-33(31,32)29-15-9-14-23(29)25(30)26-17-22-19-28(18-20-10-5-3-6-11-20)27-24(22)21-12-7-4-8-13-21/h3-8,10-13,19,23H,2,9,14-18H2,1H3,(H,26,30). The summed E-state index contributed by atoms with van der Waals surface area (Å²) >= 11 is 0. The lowest BCUT2D eigenvalue weighted by Gasteiger charge is -2.23. The monoisotopic (exact) mass is 466 g/mol. The van der Waals surface area contributed by atoms with Crippen molar-refractivity contribution in [2.24, 2.45) is 0 Å². The number of nitrogens with one attached hydrogen (secondary N) is 1. The first-order valence-corrected chi connectivity index (χ1v) is 13.0. The maximum absolute atomic E-state index is 13.0. The molecule has 1 aliphatic heterocycles. The van der Waals surface area contributed by atoms with Crippen molar-refractivity contribution in [3.63, 3.8) is 0 Å². The van der Waals surface area contributed by atoms with E-state index in [1.807, 2.05) is 66.3 Å². The van der Waals surface area contributed by atoms with E-state index in [0.717, 1.165) is 22.4 Å². The van der Waals surface area contributed by atoms with Crippen molar-refractivity contribution in [1.29, 1.82) is 0 Å². The molecule has 1 fully saturated rings. The molecular formula is C25H30N4O3S. The Morgan fingerprint density at radius 3 is 2.48 bits per heavy atom. The van der Waals surface area contributed by atoms with Crippen LogP contribution in [0, 0.1) is 0 Å². The molecule has 1 unspecified atom stereocenters. The minimum Gasteiger partial charge on any atom is -0.350 e. The summed E-state index contributed by atoms with van der Waals surface area (Å²) < 4.78 is 28.4. The Kier molecular flexibility index (Phi) is 7.25. The summed E-state index contributed by atoms with van der Waals surface area (Å²) in [7, 11) is -3.41. The van der Waals surface area contributed by atoms with E-state index in [1.165, 1.54) is 4.31 Å². The lowest BCUT2D eigenvalue weighted by molar-refractivity contribution is -0.124. The molecule has 1 N–H and O–H groups in total. The second kappa shape index (κ2) is 10.3. The number of carbonyl (C=O) groups is 1. The number of hydrogen-bond acceptors (Lipinski definition) is 4. The number of sulfonamides is 1. The minimum atomic E-state index is -3.41. The van der Waals surface area contributed by atoms with Crippen molar-refractivity contribution in [1.82, 2.24) is 19.4 Å². The van der Waals surface area contributed by atoms with Crippen LogP contribution in [0.1, 0.15) is 37.3 Å². The molecule has 0 saturated carbocycles. The van der Waals surface area contributed by atoms with Crippen LogP contribution in [0.15, 0.2) is 66.9 Å². The van der Waals surface area contributed by atoms with Gasteiger partial charge in [-0.2, -0.15) is 9.40 Å². The molecule has 4 rings (SSSR count). The van der Waals surface area contributed by atoms with E-state index in [-0.39, 0.29) is 18.2 Å². The molecule has 33 heavy (non-hydrogen) atoms. The van der Waals surface area contributed by atoms with Gasteiger partial charge in [0, 0.05) is 30.4 Å². The van der Waals surface area contributed by atoms with Gasteiger partial charge in [-0.25, -0.2) is 8.42 Å².